The molecule has 0 amide bonds. The van der Waals surface area contributed by atoms with Crippen molar-refractivity contribution in [2.45, 2.75) is 38.7 Å². The first-order chi connectivity index (χ1) is 11.4. The maximum Gasteiger partial charge on any atom is 0.350 e. The predicted octanol–water partition coefficient (Wildman–Crippen LogP) is 1.96. The molecule has 0 unspecified atom stereocenters. The molecule has 132 valence electrons. The number of ether oxygens (including phenoxy) is 2. The second-order valence-corrected chi connectivity index (χ2v) is 6.12. The molecule has 1 aromatic rings. The van der Waals surface area contributed by atoms with Gasteiger partial charge < -0.3 is 14.3 Å². The highest BCUT2D eigenvalue weighted by Gasteiger charge is 2.46. The van der Waals surface area contributed by atoms with Gasteiger partial charge in [0, 0.05) is 25.9 Å². The first-order valence-corrected chi connectivity index (χ1v) is 8.06. The van der Waals surface area contributed by atoms with Gasteiger partial charge in [-0.3, -0.25) is 4.79 Å². The first kappa shape index (κ1) is 18.4. The Balaban J connectivity index is 2.12. The van der Waals surface area contributed by atoms with Crippen molar-refractivity contribution < 1.29 is 23.9 Å². The number of carbonyl (C=O) groups excluding carboxylic acids is 2. The average molecular weight is 335 g/mol. The Morgan fingerprint density at radius 1 is 1.12 bits per heavy atom. The van der Waals surface area contributed by atoms with Crippen LogP contribution < -0.4 is 0 Å². The fraction of sp³-hybridized carbons (Fsp3) is 0.556. The standard InChI is InChI=1S/C18H25NO5/c1-13-6-5-7-14(2)15(13)12-16(20)24-18(17(21)22-3)8-10-19(23-4)11-9-18/h5-7H,8-12H2,1-4H3. The van der Waals surface area contributed by atoms with Crippen molar-refractivity contribution in [2.75, 3.05) is 27.3 Å². The smallest absolute Gasteiger partial charge is 0.350 e. The van der Waals surface area contributed by atoms with Gasteiger partial charge in [0.1, 0.15) is 0 Å². The quantitative estimate of drug-likeness (QED) is 0.767. The van der Waals surface area contributed by atoms with E-state index in [9.17, 15) is 9.59 Å². The van der Waals surface area contributed by atoms with Crippen molar-refractivity contribution in [2.24, 2.45) is 0 Å². The van der Waals surface area contributed by atoms with E-state index in [1.807, 2.05) is 32.0 Å². The van der Waals surface area contributed by atoms with Gasteiger partial charge in [-0.25, -0.2) is 4.79 Å². The second kappa shape index (κ2) is 7.77. The minimum atomic E-state index is -1.22. The largest absolute Gasteiger partial charge is 0.466 e. The molecule has 0 saturated carbocycles. The molecule has 6 heteroatoms. The van der Waals surface area contributed by atoms with Crippen molar-refractivity contribution in [3.05, 3.63) is 34.9 Å². The summed E-state index contributed by atoms with van der Waals surface area (Å²) in [5.74, 6) is -0.920. The van der Waals surface area contributed by atoms with E-state index in [4.69, 9.17) is 14.3 Å². The van der Waals surface area contributed by atoms with Gasteiger partial charge in [0.25, 0.3) is 0 Å². The summed E-state index contributed by atoms with van der Waals surface area (Å²) in [6.07, 6.45) is 0.850. The molecule has 0 aliphatic carbocycles. The zero-order valence-electron chi connectivity index (χ0n) is 14.8. The minimum absolute atomic E-state index is 0.144. The van der Waals surface area contributed by atoms with E-state index in [0.717, 1.165) is 16.7 Å². The van der Waals surface area contributed by atoms with E-state index < -0.39 is 17.5 Å². The molecule has 1 saturated heterocycles. The van der Waals surface area contributed by atoms with Crippen LogP contribution in [0.25, 0.3) is 0 Å². The van der Waals surface area contributed by atoms with Gasteiger partial charge in [0.15, 0.2) is 0 Å². The number of piperidine rings is 1. The Morgan fingerprint density at radius 3 is 2.21 bits per heavy atom. The Bertz CT molecular complexity index is 585. The summed E-state index contributed by atoms with van der Waals surface area (Å²) in [4.78, 5) is 29.9. The minimum Gasteiger partial charge on any atom is -0.466 e. The number of aryl methyl sites for hydroxylation is 2. The third-order valence-electron chi connectivity index (χ3n) is 4.62. The maximum atomic E-state index is 12.5. The van der Waals surface area contributed by atoms with Crippen LogP contribution >= 0.6 is 0 Å². The monoisotopic (exact) mass is 335 g/mol. The zero-order valence-corrected chi connectivity index (χ0v) is 14.8. The third kappa shape index (κ3) is 3.94. The lowest BCUT2D eigenvalue weighted by atomic mass is 9.91. The van der Waals surface area contributed by atoms with E-state index in [1.165, 1.54) is 7.11 Å². The molecule has 24 heavy (non-hydrogen) atoms. The number of esters is 2. The van der Waals surface area contributed by atoms with Gasteiger partial charge in [-0.1, -0.05) is 18.2 Å². The van der Waals surface area contributed by atoms with E-state index in [-0.39, 0.29) is 6.42 Å². The predicted molar refractivity (Wildman–Crippen MR) is 88.3 cm³/mol. The van der Waals surface area contributed by atoms with E-state index >= 15 is 0 Å². The summed E-state index contributed by atoms with van der Waals surface area (Å²) < 4.78 is 10.5. The number of hydrogen-bond acceptors (Lipinski definition) is 6. The fourth-order valence-corrected chi connectivity index (χ4v) is 3.09. The van der Waals surface area contributed by atoms with E-state index in [1.54, 1.807) is 12.2 Å². The van der Waals surface area contributed by atoms with Crippen LogP contribution in [-0.2, 0) is 30.3 Å². The van der Waals surface area contributed by atoms with Crippen molar-refractivity contribution >= 4 is 11.9 Å². The Labute approximate surface area is 142 Å². The summed E-state index contributed by atoms with van der Waals surface area (Å²) in [5, 5.41) is 1.74. The van der Waals surface area contributed by atoms with Gasteiger partial charge in [0.2, 0.25) is 5.60 Å². The van der Waals surface area contributed by atoms with Crippen LogP contribution in [0.15, 0.2) is 18.2 Å². The van der Waals surface area contributed by atoms with Crippen molar-refractivity contribution in [1.29, 1.82) is 0 Å². The van der Waals surface area contributed by atoms with Gasteiger partial charge in [-0.05, 0) is 30.5 Å². The van der Waals surface area contributed by atoms with Crippen LogP contribution in [0.1, 0.15) is 29.5 Å². The van der Waals surface area contributed by atoms with Gasteiger partial charge >= 0.3 is 11.9 Å². The number of carbonyl (C=O) groups is 2. The normalized spacial score (nSPS) is 17.3. The van der Waals surface area contributed by atoms with Gasteiger partial charge in [0.05, 0.1) is 20.6 Å². The molecule has 0 atom stereocenters. The lowest BCUT2D eigenvalue weighted by Crippen LogP contribution is -2.52. The van der Waals surface area contributed by atoms with Crippen LogP contribution in [0.2, 0.25) is 0 Å². The zero-order chi connectivity index (χ0) is 17.7. The van der Waals surface area contributed by atoms with Crippen LogP contribution in [0.3, 0.4) is 0 Å². The molecule has 1 aromatic carbocycles. The molecular weight excluding hydrogens is 310 g/mol. The second-order valence-electron chi connectivity index (χ2n) is 6.12. The van der Waals surface area contributed by atoms with Gasteiger partial charge in [-0.2, -0.15) is 5.06 Å². The molecule has 6 nitrogen and oxygen atoms in total. The maximum absolute atomic E-state index is 12.5. The molecule has 2 rings (SSSR count). The molecule has 1 aliphatic rings. The summed E-state index contributed by atoms with van der Waals surface area (Å²) in [7, 11) is 2.89. The number of hydrogen-bond donors (Lipinski definition) is 0. The fourth-order valence-electron chi connectivity index (χ4n) is 3.09. The van der Waals surface area contributed by atoms with Crippen molar-refractivity contribution in [1.82, 2.24) is 5.06 Å². The highest BCUT2D eigenvalue weighted by molar-refractivity contribution is 5.84. The van der Waals surface area contributed by atoms with Gasteiger partial charge in [-0.15, -0.1) is 0 Å². The number of benzene rings is 1. The lowest BCUT2D eigenvalue weighted by Gasteiger charge is -2.37. The summed E-state index contributed by atoms with van der Waals surface area (Å²) in [6, 6.07) is 5.88. The van der Waals surface area contributed by atoms with E-state index in [0.29, 0.717) is 25.9 Å². The van der Waals surface area contributed by atoms with Crippen LogP contribution in [0, 0.1) is 13.8 Å². The number of methoxy groups -OCH3 is 1. The number of hydroxylamine groups is 2. The van der Waals surface area contributed by atoms with E-state index in [2.05, 4.69) is 0 Å². The molecule has 1 aliphatic heterocycles. The molecule has 0 bridgehead atoms. The Morgan fingerprint density at radius 2 is 1.71 bits per heavy atom. The summed E-state index contributed by atoms with van der Waals surface area (Å²) in [6.45, 7) is 4.93. The topological polar surface area (TPSA) is 65.1 Å². The molecule has 0 spiro atoms. The van der Waals surface area contributed by atoms with Crippen LogP contribution in [0.4, 0.5) is 0 Å². The Kier molecular flexibility index (Phi) is 5.96. The third-order valence-corrected chi connectivity index (χ3v) is 4.62. The van der Waals surface area contributed by atoms with Crippen LogP contribution in [0.5, 0.6) is 0 Å². The van der Waals surface area contributed by atoms with Crippen LogP contribution in [-0.4, -0.2) is 49.9 Å². The molecular formula is C18H25NO5. The molecule has 0 N–H and O–H groups in total. The highest BCUT2D eigenvalue weighted by atomic mass is 16.7. The molecule has 0 aromatic heterocycles. The molecule has 0 radical (unpaired) electrons. The Hall–Kier alpha value is -1.92. The lowest BCUT2D eigenvalue weighted by molar-refractivity contribution is -0.205. The average Bonchev–Trinajstić information content (AvgIpc) is 2.58. The first-order valence-electron chi connectivity index (χ1n) is 8.06. The van der Waals surface area contributed by atoms with Crippen molar-refractivity contribution in [3.8, 4) is 0 Å². The van der Waals surface area contributed by atoms with Crippen molar-refractivity contribution in [3.63, 3.8) is 0 Å². The molecule has 1 fully saturated rings. The summed E-state index contributed by atoms with van der Waals surface area (Å²) >= 11 is 0. The number of rotatable bonds is 5. The highest BCUT2D eigenvalue weighted by Crippen LogP contribution is 2.29. The SMILES string of the molecule is COC(=O)C1(OC(=O)Cc2c(C)cccc2C)CCN(OC)CC1. The molecule has 1 heterocycles. The summed E-state index contributed by atoms with van der Waals surface area (Å²) in [5.41, 5.74) is 1.79. The number of nitrogens with zero attached hydrogens (tertiary/aromatic N) is 1.